The second-order valence-electron chi connectivity index (χ2n) is 5.72. The molecule has 0 spiro atoms. The fourth-order valence-corrected chi connectivity index (χ4v) is 3.35. The monoisotopic (exact) mass is 307 g/mol. The molecular weight excluding hydrogens is 282 g/mol. The fourth-order valence-electron chi connectivity index (χ4n) is 2.94. The molecule has 1 amide bonds. The molecule has 0 bridgehead atoms. The predicted octanol–water partition coefficient (Wildman–Crippen LogP) is 3.31. The quantitative estimate of drug-likeness (QED) is 0.849. The highest BCUT2D eigenvalue weighted by molar-refractivity contribution is 7.98. The second-order valence-corrected chi connectivity index (χ2v) is 6.60. The Bertz CT molecular complexity index is 460. The van der Waals surface area contributed by atoms with Crippen LogP contribution >= 0.6 is 11.8 Å². The molecule has 1 N–H and O–H groups in total. The Kier molecular flexibility index (Phi) is 6.12. The Labute approximate surface area is 131 Å². The van der Waals surface area contributed by atoms with Crippen LogP contribution in [0, 0.1) is 5.92 Å². The zero-order chi connectivity index (χ0) is 15.2. The van der Waals surface area contributed by atoms with Crippen molar-refractivity contribution in [1.82, 2.24) is 4.90 Å². The number of carbonyl (C=O) groups excluding carboxylic acids is 1. The number of nitrogens with zero attached hydrogens (tertiary/aromatic N) is 1. The summed E-state index contributed by atoms with van der Waals surface area (Å²) in [5.74, 6) is 0.198. The third-order valence-corrected chi connectivity index (χ3v) is 4.97. The van der Waals surface area contributed by atoms with E-state index in [9.17, 15) is 9.90 Å². The minimum atomic E-state index is -0.299. The molecule has 1 aromatic rings. The third kappa shape index (κ3) is 4.48. The maximum absolute atomic E-state index is 12.6. The van der Waals surface area contributed by atoms with Crippen LogP contribution in [-0.2, 0) is 11.3 Å². The number of hydrogen-bond acceptors (Lipinski definition) is 3. The van der Waals surface area contributed by atoms with E-state index in [0.717, 1.165) is 25.8 Å². The Hall–Kier alpha value is -1.00. The van der Waals surface area contributed by atoms with E-state index >= 15 is 0 Å². The molecule has 116 valence electrons. The first-order valence-corrected chi connectivity index (χ1v) is 8.96. The smallest absolute Gasteiger partial charge is 0.226 e. The standard InChI is InChI=1S/C17H25NO2S/c1-3-18(12-13-7-9-16(21-2)10-8-13)17(20)14-5-4-6-15(19)11-14/h7-10,14-15,19H,3-6,11-12H2,1-2H3/t14-,15-/m0/s1. The van der Waals surface area contributed by atoms with E-state index in [0.29, 0.717) is 13.0 Å². The summed E-state index contributed by atoms with van der Waals surface area (Å²) in [5, 5.41) is 9.76. The lowest BCUT2D eigenvalue weighted by Crippen LogP contribution is -2.38. The van der Waals surface area contributed by atoms with Gasteiger partial charge in [-0.15, -0.1) is 11.8 Å². The molecule has 1 aliphatic rings. The summed E-state index contributed by atoms with van der Waals surface area (Å²) in [6, 6.07) is 8.39. The highest BCUT2D eigenvalue weighted by Gasteiger charge is 2.28. The minimum absolute atomic E-state index is 0.000768. The molecule has 1 aromatic carbocycles. The van der Waals surface area contributed by atoms with Crippen molar-refractivity contribution in [2.45, 2.75) is 50.2 Å². The summed E-state index contributed by atoms with van der Waals surface area (Å²) in [4.78, 5) is 15.8. The molecule has 2 rings (SSSR count). The molecule has 4 heteroatoms. The molecule has 0 radical (unpaired) electrons. The van der Waals surface area contributed by atoms with E-state index in [1.807, 2.05) is 11.8 Å². The predicted molar refractivity (Wildman–Crippen MR) is 87.3 cm³/mol. The van der Waals surface area contributed by atoms with E-state index in [1.165, 1.54) is 10.5 Å². The molecule has 2 atom stereocenters. The van der Waals surface area contributed by atoms with Gasteiger partial charge in [0.15, 0.2) is 0 Å². The van der Waals surface area contributed by atoms with Crippen molar-refractivity contribution in [2.24, 2.45) is 5.92 Å². The van der Waals surface area contributed by atoms with Crippen LogP contribution in [0.2, 0.25) is 0 Å². The maximum Gasteiger partial charge on any atom is 0.226 e. The largest absolute Gasteiger partial charge is 0.393 e. The normalized spacial score (nSPS) is 22.0. The number of carbonyl (C=O) groups is 1. The molecule has 3 nitrogen and oxygen atoms in total. The van der Waals surface area contributed by atoms with Gasteiger partial charge >= 0.3 is 0 Å². The van der Waals surface area contributed by atoms with Crippen LogP contribution in [0.25, 0.3) is 0 Å². The highest BCUT2D eigenvalue weighted by Crippen LogP contribution is 2.26. The lowest BCUT2D eigenvalue weighted by molar-refractivity contribution is -0.138. The average Bonchev–Trinajstić information content (AvgIpc) is 2.52. The van der Waals surface area contributed by atoms with Gasteiger partial charge in [0.1, 0.15) is 0 Å². The summed E-state index contributed by atoms with van der Waals surface area (Å²) in [6.45, 7) is 3.40. The van der Waals surface area contributed by atoms with Crippen LogP contribution in [0.3, 0.4) is 0 Å². The van der Waals surface area contributed by atoms with Crippen molar-refractivity contribution >= 4 is 17.7 Å². The van der Waals surface area contributed by atoms with E-state index in [4.69, 9.17) is 0 Å². The van der Waals surface area contributed by atoms with Crippen molar-refractivity contribution in [3.05, 3.63) is 29.8 Å². The maximum atomic E-state index is 12.6. The topological polar surface area (TPSA) is 40.5 Å². The number of thioether (sulfide) groups is 1. The number of aliphatic hydroxyl groups is 1. The molecule has 1 fully saturated rings. The Morgan fingerprint density at radius 3 is 2.62 bits per heavy atom. The molecule has 0 aliphatic heterocycles. The highest BCUT2D eigenvalue weighted by atomic mass is 32.2. The van der Waals surface area contributed by atoms with Crippen molar-refractivity contribution in [3.8, 4) is 0 Å². The first-order valence-electron chi connectivity index (χ1n) is 7.73. The van der Waals surface area contributed by atoms with Gasteiger partial charge in [0.05, 0.1) is 6.10 Å². The second kappa shape index (κ2) is 7.85. The zero-order valence-corrected chi connectivity index (χ0v) is 13.7. The van der Waals surface area contributed by atoms with Crippen molar-refractivity contribution in [1.29, 1.82) is 0 Å². The molecule has 0 saturated heterocycles. The number of aliphatic hydroxyl groups excluding tert-OH is 1. The van der Waals surface area contributed by atoms with Crippen molar-refractivity contribution in [3.63, 3.8) is 0 Å². The van der Waals surface area contributed by atoms with Gasteiger partial charge in [0.25, 0.3) is 0 Å². The Balaban J connectivity index is 1.99. The van der Waals surface area contributed by atoms with E-state index in [1.54, 1.807) is 11.8 Å². The van der Waals surface area contributed by atoms with Crippen molar-refractivity contribution in [2.75, 3.05) is 12.8 Å². The van der Waals surface area contributed by atoms with E-state index < -0.39 is 0 Å². The van der Waals surface area contributed by atoms with Gasteiger partial charge in [-0.3, -0.25) is 4.79 Å². The van der Waals surface area contributed by atoms with Gasteiger partial charge in [0, 0.05) is 23.9 Å². The van der Waals surface area contributed by atoms with Crippen molar-refractivity contribution < 1.29 is 9.90 Å². The molecular formula is C17H25NO2S. The molecule has 0 aromatic heterocycles. The van der Waals surface area contributed by atoms with Crippen LogP contribution in [0.1, 0.15) is 38.2 Å². The molecule has 1 aliphatic carbocycles. The van der Waals surface area contributed by atoms with Crippen LogP contribution in [0.5, 0.6) is 0 Å². The van der Waals surface area contributed by atoms with Gasteiger partial charge in [-0.05, 0) is 50.1 Å². The SMILES string of the molecule is CCN(Cc1ccc(SC)cc1)C(=O)[C@H]1CCC[C@H](O)C1. The number of hydrogen-bond donors (Lipinski definition) is 1. The summed E-state index contributed by atoms with van der Waals surface area (Å²) in [6.07, 6.45) is 5.10. The third-order valence-electron chi connectivity index (χ3n) is 4.22. The minimum Gasteiger partial charge on any atom is -0.393 e. The van der Waals surface area contributed by atoms with Crippen LogP contribution in [-0.4, -0.2) is 34.8 Å². The average molecular weight is 307 g/mol. The van der Waals surface area contributed by atoms with Gasteiger partial charge in [-0.2, -0.15) is 0 Å². The van der Waals surface area contributed by atoms with Gasteiger partial charge in [0.2, 0.25) is 5.91 Å². The van der Waals surface area contributed by atoms with Crippen LogP contribution in [0.4, 0.5) is 0 Å². The Morgan fingerprint density at radius 2 is 2.05 bits per heavy atom. The fraction of sp³-hybridized carbons (Fsp3) is 0.588. The van der Waals surface area contributed by atoms with Gasteiger partial charge in [-0.1, -0.05) is 18.6 Å². The summed E-state index contributed by atoms with van der Waals surface area (Å²) in [5.41, 5.74) is 1.17. The summed E-state index contributed by atoms with van der Waals surface area (Å²) >= 11 is 1.72. The molecule has 0 heterocycles. The van der Waals surface area contributed by atoms with Gasteiger partial charge < -0.3 is 10.0 Å². The first-order chi connectivity index (χ1) is 10.1. The molecule has 21 heavy (non-hydrogen) atoms. The molecule has 1 saturated carbocycles. The van der Waals surface area contributed by atoms with E-state index in [-0.39, 0.29) is 17.9 Å². The zero-order valence-electron chi connectivity index (χ0n) is 12.9. The Morgan fingerprint density at radius 1 is 1.33 bits per heavy atom. The molecule has 0 unspecified atom stereocenters. The number of amides is 1. The van der Waals surface area contributed by atoms with Crippen LogP contribution < -0.4 is 0 Å². The van der Waals surface area contributed by atoms with Gasteiger partial charge in [-0.25, -0.2) is 0 Å². The lowest BCUT2D eigenvalue weighted by Gasteiger charge is -2.30. The van der Waals surface area contributed by atoms with Crippen LogP contribution in [0.15, 0.2) is 29.2 Å². The summed E-state index contributed by atoms with van der Waals surface area (Å²) < 4.78 is 0. The number of benzene rings is 1. The van der Waals surface area contributed by atoms with E-state index in [2.05, 4.69) is 30.5 Å². The first kappa shape index (κ1) is 16.4. The summed E-state index contributed by atoms with van der Waals surface area (Å²) in [7, 11) is 0. The lowest BCUT2D eigenvalue weighted by atomic mass is 9.86. The number of rotatable bonds is 5.